The number of carboxylic acid groups (broad SMARTS) is 1. The highest BCUT2D eigenvalue weighted by Gasteiger charge is 2.28. The van der Waals surface area contributed by atoms with Crippen LogP contribution in [-0.2, 0) is 16.0 Å². The smallest absolute Gasteiger partial charge is 0.323 e. The first-order chi connectivity index (χ1) is 9.25. The number of aryl methyl sites for hydroxylation is 1. The molecule has 0 spiro atoms. The van der Waals surface area contributed by atoms with Gasteiger partial charge in [0, 0.05) is 12.6 Å². The fourth-order valence-electron chi connectivity index (χ4n) is 1.95. The number of aliphatic carboxylic acids is 1. The van der Waals surface area contributed by atoms with Gasteiger partial charge in [-0.15, -0.1) is 0 Å². The van der Waals surface area contributed by atoms with Crippen molar-refractivity contribution in [3.05, 3.63) is 35.9 Å². The Balaban J connectivity index is 1.58. The normalized spacial score (nSPS) is 16.2. The quantitative estimate of drug-likeness (QED) is 0.667. The van der Waals surface area contributed by atoms with Gasteiger partial charge in [-0.3, -0.25) is 10.1 Å². The predicted molar refractivity (Wildman–Crippen MR) is 73.2 cm³/mol. The second-order valence-corrected chi connectivity index (χ2v) is 5.00. The largest absolute Gasteiger partial charge is 0.480 e. The molecule has 104 valence electrons. The highest BCUT2D eigenvalue weighted by molar-refractivity contribution is 5.73. The van der Waals surface area contributed by atoms with E-state index in [1.54, 1.807) is 0 Å². The standard InChI is InChI=1S/C15H21NO3/c17-15(18)14(16-13-8-9-13)11-19-10-4-7-12-5-2-1-3-6-12/h1-3,5-6,13-14,16H,4,7-11H2,(H,17,18). The fraction of sp³-hybridized carbons (Fsp3) is 0.533. The first-order valence-electron chi connectivity index (χ1n) is 6.86. The summed E-state index contributed by atoms with van der Waals surface area (Å²) in [7, 11) is 0. The molecule has 0 aliphatic heterocycles. The number of hydrogen-bond acceptors (Lipinski definition) is 3. The van der Waals surface area contributed by atoms with Crippen molar-refractivity contribution in [2.75, 3.05) is 13.2 Å². The second kappa shape index (κ2) is 7.26. The third kappa shape index (κ3) is 5.41. The monoisotopic (exact) mass is 263 g/mol. The van der Waals surface area contributed by atoms with Crippen molar-refractivity contribution in [3.8, 4) is 0 Å². The van der Waals surface area contributed by atoms with Crippen LogP contribution in [0.15, 0.2) is 30.3 Å². The van der Waals surface area contributed by atoms with Gasteiger partial charge in [-0.05, 0) is 31.2 Å². The zero-order valence-electron chi connectivity index (χ0n) is 11.0. The third-order valence-electron chi connectivity index (χ3n) is 3.19. The highest BCUT2D eigenvalue weighted by atomic mass is 16.5. The molecular weight excluding hydrogens is 242 g/mol. The van der Waals surface area contributed by atoms with Gasteiger partial charge < -0.3 is 9.84 Å². The summed E-state index contributed by atoms with van der Waals surface area (Å²) in [6.45, 7) is 0.853. The fourth-order valence-corrected chi connectivity index (χ4v) is 1.95. The molecule has 0 aromatic heterocycles. The molecule has 1 aromatic rings. The summed E-state index contributed by atoms with van der Waals surface area (Å²) in [5, 5.41) is 12.1. The van der Waals surface area contributed by atoms with E-state index in [2.05, 4.69) is 17.4 Å². The van der Waals surface area contributed by atoms with Gasteiger partial charge in [-0.2, -0.15) is 0 Å². The number of carbonyl (C=O) groups is 1. The molecule has 0 heterocycles. The second-order valence-electron chi connectivity index (χ2n) is 5.00. The van der Waals surface area contributed by atoms with Crippen LogP contribution in [0, 0.1) is 0 Å². The van der Waals surface area contributed by atoms with E-state index >= 15 is 0 Å². The first kappa shape index (κ1) is 14.0. The maximum absolute atomic E-state index is 11.0. The topological polar surface area (TPSA) is 58.6 Å². The zero-order valence-corrected chi connectivity index (χ0v) is 11.0. The Labute approximate surface area is 113 Å². The molecule has 1 aromatic carbocycles. The molecular formula is C15H21NO3. The van der Waals surface area contributed by atoms with E-state index in [0.717, 1.165) is 25.7 Å². The van der Waals surface area contributed by atoms with E-state index < -0.39 is 12.0 Å². The molecule has 0 radical (unpaired) electrons. The molecule has 2 N–H and O–H groups in total. The van der Waals surface area contributed by atoms with Crippen LogP contribution in [0.5, 0.6) is 0 Å². The Morgan fingerprint density at radius 3 is 2.74 bits per heavy atom. The van der Waals surface area contributed by atoms with Gasteiger partial charge in [0.2, 0.25) is 0 Å². The molecule has 19 heavy (non-hydrogen) atoms. The number of ether oxygens (including phenoxy) is 1. The molecule has 1 fully saturated rings. The first-order valence-corrected chi connectivity index (χ1v) is 6.86. The van der Waals surface area contributed by atoms with Crippen LogP contribution in [0.25, 0.3) is 0 Å². The summed E-state index contributed by atoms with van der Waals surface area (Å²) < 4.78 is 5.46. The Hall–Kier alpha value is -1.39. The molecule has 1 unspecified atom stereocenters. The van der Waals surface area contributed by atoms with E-state index in [0.29, 0.717) is 12.6 Å². The minimum absolute atomic E-state index is 0.251. The molecule has 0 amide bonds. The van der Waals surface area contributed by atoms with Gasteiger partial charge in [-0.1, -0.05) is 30.3 Å². The van der Waals surface area contributed by atoms with Gasteiger partial charge in [0.25, 0.3) is 0 Å². The highest BCUT2D eigenvalue weighted by Crippen LogP contribution is 2.19. The molecule has 1 saturated carbocycles. The number of benzene rings is 1. The number of carboxylic acids is 1. The van der Waals surface area contributed by atoms with Crippen molar-refractivity contribution in [1.29, 1.82) is 0 Å². The molecule has 0 saturated heterocycles. The summed E-state index contributed by atoms with van der Waals surface area (Å²) in [6.07, 6.45) is 4.05. The van der Waals surface area contributed by atoms with E-state index in [1.165, 1.54) is 5.56 Å². The van der Waals surface area contributed by atoms with Gasteiger partial charge >= 0.3 is 5.97 Å². The van der Waals surface area contributed by atoms with Crippen LogP contribution < -0.4 is 5.32 Å². The Morgan fingerprint density at radius 2 is 2.11 bits per heavy atom. The van der Waals surface area contributed by atoms with E-state index in [1.807, 2.05) is 18.2 Å². The molecule has 2 rings (SSSR count). The van der Waals surface area contributed by atoms with Crippen LogP contribution in [-0.4, -0.2) is 36.4 Å². The van der Waals surface area contributed by atoms with Gasteiger partial charge in [0.15, 0.2) is 0 Å². The predicted octanol–water partition coefficient (Wildman–Crippen LogP) is 1.84. The summed E-state index contributed by atoms with van der Waals surface area (Å²) in [5.41, 5.74) is 1.29. The van der Waals surface area contributed by atoms with Crippen molar-refractivity contribution in [2.45, 2.75) is 37.8 Å². The van der Waals surface area contributed by atoms with Crippen LogP contribution in [0.2, 0.25) is 0 Å². The Kier molecular flexibility index (Phi) is 5.36. The Bertz CT molecular complexity index is 390. The average molecular weight is 263 g/mol. The number of nitrogens with one attached hydrogen (secondary N) is 1. The lowest BCUT2D eigenvalue weighted by molar-refractivity contribution is -0.141. The van der Waals surface area contributed by atoms with E-state index in [9.17, 15) is 4.79 Å². The number of hydrogen-bond donors (Lipinski definition) is 2. The lowest BCUT2D eigenvalue weighted by Gasteiger charge is -2.14. The van der Waals surface area contributed by atoms with E-state index in [-0.39, 0.29) is 6.61 Å². The minimum Gasteiger partial charge on any atom is -0.480 e. The molecule has 0 bridgehead atoms. The van der Waals surface area contributed by atoms with Crippen molar-refractivity contribution in [1.82, 2.24) is 5.32 Å². The molecule has 1 atom stereocenters. The molecule has 1 aliphatic rings. The van der Waals surface area contributed by atoms with Crippen molar-refractivity contribution >= 4 is 5.97 Å². The van der Waals surface area contributed by atoms with Gasteiger partial charge in [0.05, 0.1) is 6.61 Å². The third-order valence-corrected chi connectivity index (χ3v) is 3.19. The van der Waals surface area contributed by atoms with Crippen LogP contribution in [0.4, 0.5) is 0 Å². The van der Waals surface area contributed by atoms with E-state index in [4.69, 9.17) is 9.84 Å². The molecule has 4 heteroatoms. The lowest BCUT2D eigenvalue weighted by atomic mass is 10.1. The Morgan fingerprint density at radius 1 is 1.37 bits per heavy atom. The van der Waals surface area contributed by atoms with Crippen LogP contribution >= 0.6 is 0 Å². The molecule has 1 aliphatic carbocycles. The lowest BCUT2D eigenvalue weighted by Crippen LogP contribution is -2.41. The molecule has 4 nitrogen and oxygen atoms in total. The average Bonchev–Trinajstić information content (AvgIpc) is 3.22. The minimum atomic E-state index is -0.824. The van der Waals surface area contributed by atoms with Gasteiger partial charge in [0.1, 0.15) is 6.04 Å². The maximum atomic E-state index is 11.0. The summed E-state index contributed by atoms with van der Waals surface area (Å²) in [4.78, 5) is 11.0. The van der Waals surface area contributed by atoms with Crippen molar-refractivity contribution in [3.63, 3.8) is 0 Å². The van der Waals surface area contributed by atoms with Crippen LogP contribution in [0.3, 0.4) is 0 Å². The van der Waals surface area contributed by atoms with Crippen molar-refractivity contribution in [2.24, 2.45) is 0 Å². The summed E-state index contributed by atoms with van der Waals surface area (Å²) >= 11 is 0. The van der Waals surface area contributed by atoms with Crippen LogP contribution in [0.1, 0.15) is 24.8 Å². The maximum Gasteiger partial charge on any atom is 0.323 e. The number of rotatable bonds is 9. The summed E-state index contributed by atoms with van der Waals surface area (Å²) in [5.74, 6) is -0.824. The SMILES string of the molecule is O=C(O)C(COCCCc1ccccc1)NC1CC1. The summed E-state index contributed by atoms with van der Waals surface area (Å²) in [6, 6.07) is 10.1. The van der Waals surface area contributed by atoms with Crippen molar-refractivity contribution < 1.29 is 14.6 Å². The zero-order chi connectivity index (χ0) is 13.5. The van der Waals surface area contributed by atoms with Gasteiger partial charge in [-0.25, -0.2) is 0 Å².